The predicted octanol–water partition coefficient (Wildman–Crippen LogP) is 8.74. The normalized spacial score (nSPS) is 26.2. The molecule has 7 rings (SSSR count). The van der Waals surface area contributed by atoms with Gasteiger partial charge in [0.15, 0.2) is 0 Å². The lowest BCUT2D eigenvalue weighted by Crippen LogP contribution is -2.34. The van der Waals surface area contributed by atoms with Gasteiger partial charge in [0, 0.05) is 34.4 Å². The van der Waals surface area contributed by atoms with E-state index in [-0.39, 0.29) is 11.8 Å². The third-order valence-electron chi connectivity index (χ3n) is 10.6. The zero-order valence-corrected chi connectivity index (χ0v) is 26.0. The summed E-state index contributed by atoms with van der Waals surface area (Å²) >= 11 is 14.0. The Morgan fingerprint density at radius 1 is 1.16 bits per heavy atom. The minimum atomic E-state index is -0.761. The summed E-state index contributed by atoms with van der Waals surface area (Å²) in [7, 11) is 0. The first-order chi connectivity index (χ1) is 20.7. The average Bonchev–Trinajstić information content (AvgIpc) is 3.90. The number of furan rings is 1. The molecular formula is C36H37Cl2NO4. The Kier molecular flexibility index (Phi) is 7.37. The molecule has 1 aromatic heterocycles. The van der Waals surface area contributed by atoms with Crippen LogP contribution in [0.25, 0.3) is 11.0 Å². The topological polar surface area (TPSA) is 73.9 Å². The Labute approximate surface area is 262 Å². The highest BCUT2D eigenvalue weighted by Gasteiger charge is 2.63. The van der Waals surface area contributed by atoms with Crippen LogP contribution in [0.4, 0.5) is 0 Å². The van der Waals surface area contributed by atoms with Crippen LogP contribution < -0.4 is 0 Å². The van der Waals surface area contributed by atoms with Gasteiger partial charge in [-0.1, -0.05) is 73.4 Å². The number of carbonyl (C=O) groups is 1. The molecule has 5 nitrogen and oxygen atoms in total. The Bertz CT molecular complexity index is 1710. The maximum atomic E-state index is 12.5. The van der Waals surface area contributed by atoms with Crippen LogP contribution in [0.5, 0.6) is 0 Å². The molecule has 43 heavy (non-hydrogen) atoms. The van der Waals surface area contributed by atoms with Crippen LogP contribution in [-0.4, -0.2) is 27.6 Å². The predicted molar refractivity (Wildman–Crippen MR) is 170 cm³/mol. The largest absolute Gasteiger partial charge is 0.481 e. The number of halogens is 2. The molecule has 2 saturated carbocycles. The summed E-state index contributed by atoms with van der Waals surface area (Å²) in [4.78, 5) is 14.6. The molecule has 2 N–H and O–H groups in total. The van der Waals surface area contributed by atoms with E-state index in [1.165, 1.54) is 5.56 Å². The van der Waals surface area contributed by atoms with E-state index in [1.54, 1.807) is 6.26 Å². The molecular weight excluding hydrogens is 581 g/mol. The number of benzene rings is 3. The molecule has 224 valence electrons. The maximum absolute atomic E-state index is 12.5. The monoisotopic (exact) mass is 617 g/mol. The molecule has 2 heterocycles. The van der Waals surface area contributed by atoms with E-state index in [9.17, 15) is 15.0 Å². The van der Waals surface area contributed by atoms with Crippen molar-refractivity contribution in [1.82, 2.24) is 4.90 Å². The number of aliphatic hydroxyl groups is 1. The third kappa shape index (κ3) is 5.08. The SMILES string of the molecule is CCc1cccc(C2CC2(C[C@H]2C[C@H]2C(C)c2c(Cl)cc3c(c2Cl)CCN(C(O)c2ccc4ccoc4c2)C3)C(=O)O)c1. The van der Waals surface area contributed by atoms with Crippen LogP contribution in [-0.2, 0) is 24.2 Å². The van der Waals surface area contributed by atoms with Gasteiger partial charge in [0.2, 0.25) is 0 Å². The first-order valence-corrected chi connectivity index (χ1v) is 16.2. The van der Waals surface area contributed by atoms with Crippen LogP contribution in [0.1, 0.15) is 84.6 Å². The van der Waals surface area contributed by atoms with E-state index in [1.807, 2.05) is 35.2 Å². The van der Waals surface area contributed by atoms with Gasteiger partial charge in [0.05, 0.1) is 11.7 Å². The summed E-state index contributed by atoms with van der Waals surface area (Å²) in [6.45, 7) is 5.55. The Hall–Kier alpha value is -2.83. The third-order valence-corrected chi connectivity index (χ3v) is 11.3. The second kappa shape index (κ2) is 11.0. The van der Waals surface area contributed by atoms with Gasteiger partial charge >= 0.3 is 5.97 Å². The smallest absolute Gasteiger partial charge is 0.310 e. The molecule has 2 aliphatic carbocycles. The molecule has 4 unspecified atom stereocenters. The molecule has 3 aliphatic rings. The summed E-state index contributed by atoms with van der Waals surface area (Å²) in [5.74, 6) is 0.281. The van der Waals surface area contributed by atoms with E-state index >= 15 is 0 Å². The molecule has 1 aliphatic heterocycles. The number of hydrogen-bond donors (Lipinski definition) is 2. The summed E-state index contributed by atoms with van der Waals surface area (Å²) in [6.07, 6.45) is 4.99. The van der Waals surface area contributed by atoms with E-state index in [2.05, 4.69) is 38.1 Å². The average molecular weight is 619 g/mol. The van der Waals surface area contributed by atoms with Crippen molar-refractivity contribution in [2.24, 2.45) is 17.3 Å². The van der Waals surface area contributed by atoms with E-state index in [0.717, 1.165) is 63.1 Å². The van der Waals surface area contributed by atoms with Crippen molar-refractivity contribution in [3.05, 3.63) is 104 Å². The van der Waals surface area contributed by atoms with Crippen molar-refractivity contribution >= 4 is 40.1 Å². The molecule has 4 aromatic rings. The molecule has 7 heteroatoms. The second-order valence-corrected chi connectivity index (χ2v) is 13.8. The lowest BCUT2D eigenvalue weighted by Gasteiger charge is -2.34. The summed E-state index contributed by atoms with van der Waals surface area (Å²) in [5.41, 5.74) is 6.44. The Balaban J connectivity index is 1.05. The number of carboxylic acids is 1. The molecule has 0 saturated heterocycles. The molecule has 2 fully saturated rings. The zero-order valence-electron chi connectivity index (χ0n) is 24.5. The number of fused-ring (bicyclic) bond motifs is 2. The number of carboxylic acid groups (broad SMARTS) is 1. The highest BCUT2D eigenvalue weighted by Crippen LogP contribution is 2.67. The van der Waals surface area contributed by atoms with Crippen LogP contribution in [0.2, 0.25) is 10.0 Å². The van der Waals surface area contributed by atoms with Gasteiger partial charge in [-0.25, -0.2) is 0 Å². The van der Waals surface area contributed by atoms with Gasteiger partial charge in [-0.05, 0) is 101 Å². The zero-order chi connectivity index (χ0) is 30.0. The Morgan fingerprint density at radius 2 is 2.00 bits per heavy atom. The Morgan fingerprint density at radius 3 is 2.79 bits per heavy atom. The molecule has 0 spiro atoms. The van der Waals surface area contributed by atoms with Gasteiger partial charge in [-0.15, -0.1) is 0 Å². The van der Waals surface area contributed by atoms with Crippen LogP contribution >= 0.6 is 23.2 Å². The molecule has 0 amide bonds. The fourth-order valence-corrected chi connectivity index (χ4v) is 8.72. The van der Waals surface area contributed by atoms with Crippen molar-refractivity contribution in [3.63, 3.8) is 0 Å². The quantitative estimate of drug-likeness (QED) is 0.196. The van der Waals surface area contributed by atoms with E-state index in [0.29, 0.717) is 42.8 Å². The number of rotatable bonds is 9. The first kappa shape index (κ1) is 28.9. The number of hydrogen-bond acceptors (Lipinski definition) is 4. The van der Waals surface area contributed by atoms with Crippen LogP contribution in [0.15, 0.2) is 65.3 Å². The van der Waals surface area contributed by atoms with Gasteiger partial charge in [0.25, 0.3) is 0 Å². The number of aliphatic hydroxyl groups excluding tert-OH is 1. The second-order valence-electron chi connectivity index (χ2n) is 13.0. The molecule has 3 aromatic carbocycles. The molecule has 0 radical (unpaired) electrons. The van der Waals surface area contributed by atoms with Crippen molar-refractivity contribution in [1.29, 1.82) is 0 Å². The number of aliphatic carboxylic acids is 1. The highest BCUT2D eigenvalue weighted by atomic mass is 35.5. The van der Waals surface area contributed by atoms with Gasteiger partial charge in [-0.3, -0.25) is 9.69 Å². The van der Waals surface area contributed by atoms with E-state index < -0.39 is 17.6 Å². The minimum absolute atomic E-state index is 0.0864. The van der Waals surface area contributed by atoms with Crippen LogP contribution in [0, 0.1) is 17.3 Å². The standard InChI is InChI=1S/C36H37Cl2NO4/c1-3-21-5-4-6-23(13-21)29-18-36(29,35(41)42)17-25-14-28(25)20(2)32-30(37)15-26-19-39(11-9-27(26)33(32)38)34(40)24-8-7-22-10-12-43-31(22)16-24/h4-8,10,12-13,15-16,20,25,28-29,34,40H,3,9,11,14,17-19H2,1-2H3,(H,41,42)/t20?,25-,28+,29?,34?,36?/m1/s1. The maximum Gasteiger partial charge on any atom is 0.310 e. The summed E-state index contributed by atoms with van der Waals surface area (Å²) in [6, 6.07) is 18.2. The lowest BCUT2D eigenvalue weighted by molar-refractivity contribution is -0.144. The fourth-order valence-electron chi connectivity index (χ4n) is 7.78. The van der Waals surface area contributed by atoms with Crippen molar-refractivity contribution in [2.75, 3.05) is 6.54 Å². The number of aryl methyl sites for hydroxylation is 1. The van der Waals surface area contributed by atoms with Gasteiger partial charge in [-0.2, -0.15) is 0 Å². The van der Waals surface area contributed by atoms with Crippen molar-refractivity contribution < 1.29 is 19.4 Å². The van der Waals surface area contributed by atoms with Gasteiger partial charge in [0.1, 0.15) is 11.8 Å². The van der Waals surface area contributed by atoms with E-state index in [4.69, 9.17) is 27.6 Å². The first-order valence-electron chi connectivity index (χ1n) is 15.4. The summed E-state index contributed by atoms with van der Waals surface area (Å²) in [5, 5.41) is 23.9. The minimum Gasteiger partial charge on any atom is -0.481 e. The highest BCUT2D eigenvalue weighted by molar-refractivity contribution is 6.36. The fraction of sp³-hybridized carbons (Fsp3) is 0.417. The van der Waals surface area contributed by atoms with Gasteiger partial charge < -0.3 is 14.6 Å². The summed E-state index contributed by atoms with van der Waals surface area (Å²) < 4.78 is 5.53. The lowest BCUT2D eigenvalue weighted by atomic mass is 9.86. The molecule has 0 bridgehead atoms. The van der Waals surface area contributed by atoms with Crippen LogP contribution in [0.3, 0.4) is 0 Å². The van der Waals surface area contributed by atoms with Crippen molar-refractivity contribution in [2.45, 2.75) is 70.6 Å². The van der Waals surface area contributed by atoms with Crippen molar-refractivity contribution in [3.8, 4) is 0 Å². The number of nitrogens with zero attached hydrogens (tertiary/aromatic N) is 1. The molecule has 6 atom stereocenters.